The van der Waals surface area contributed by atoms with Crippen LogP contribution < -0.4 is 10.6 Å². The Morgan fingerprint density at radius 2 is 2.17 bits per heavy atom. The van der Waals surface area contributed by atoms with Crippen LogP contribution in [0.15, 0.2) is 18.5 Å². The highest BCUT2D eigenvalue weighted by atomic mass is 16.3. The van der Waals surface area contributed by atoms with E-state index in [1.807, 2.05) is 6.92 Å². The van der Waals surface area contributed by atoms with Crippen LogP contribution in [0.5, 0.6) is 0 Å². The van der Waals surface area contributed by atoms with E-state index < -0.39 is 0 Å². The van der Waals surface area contributed by atoms with E-state index in [0.717, 1.165) is 23.2 Å². The van der Waals surface area contributed by atoms with Crippen LogP contribution >= 0.6 is 0 Å². The summed E-state index contributed by atoms with van der Waals surface area (Å²) >= 11 is 0. The van der Waals surface area contributed by atoms with Gasteiger partial charge in [-0.2, -0.15) is 0 Å². The number of H-pyrrole nitrogens is 1. The molecule has 0 aromatic carbocycles. The molecule has 1 atom stereocenters. The molecule has 2 heterocycles. The Hall–Kier alpha value is -2.41. The SMILES string of the molecule is CNc1ncc(C)c(-c2c[nH]c(C(=O)NC(CO)CC(C)C)c2)n1. The van der Waals surface area contributed by atoms with E-state index in [9.17, 15) is 9.90 Å². The standard InChI is InChI=1S/C17H25N5O2/c1-10(2)5-13(9-23)21-16(24)14-6-12(8-19-14)15-11(3)7-20-17(18-4)22-15/h6-8,10,13,19,23H,5,9H2,1-4H3,(H,21,24)(H,18,20,22). The lowest BCUT2D eigenvalue weighted by atomic mass is 10.0. The minimum atomic E-state index is -0.249. The number of carbonyl (C=O) groups excluding carboxylic acids is 1. The second kappa shape index (κ2) is 7.92. The van der Waals surface area contributed by atoms with Crippen molar-refractivity contribution in [1.29, 1.82) is 0 Å². The number of aryl methyl sites for hydroxylation is 1. The summed E-state index contributed by atoms with van der Waals surface area (Å²) in [4.78, 5) is 23.9. The van der Waals surface area contributed by atoms with Gasteiger partial charge in [0.1, 0.15) is 5.69 Å². The predicted molar refractivity (Wildman–Crippen MR) is 93.9 cm³/mol. The third kappa shape index (κ3) is 4.32. The molecule has 0 aliphatic heterocycles. The summed E-state index contributed by atoms with van der Waals surface area (Å²) in [6.45, 7) is 5.96. The first-order valence-corrected chi connectivity index (χ1v) is 8.06. The molecule has 4 N–H and O–H groups in total. The number of nitrogens with one attached hydrogen (secondary N) is 3. The Bertz CT molecular complexity index is 696. The van der Waals surface area contributed by atoms with Crippen LogP contribution in [-0.4, -0.2) is 45.7 Å². The van der Waals surface area contributed by atoms with Crippen molar-refractivity contribution in [1.82, 2.24) is 20.3 Å². The number of nitrogens with zero attached hydrogens (tertiary/aromatic N) is 2. The van der Waals surface area contributed by atoms with E-state index in [2.05, 4.69) is 39.4 Å². The molecule has 130 valence electrons. The normalized spacial score (nSPS) is 12.2. The first-order valence-electron chi connectivity index (χ1n) is 8.06. The molecule has 0 spiro atoms. The summed E-state index contributed by atoms with van der Waals surface area (Å²) in [5.74, 6) is 0.687. The zero-order chi connectivity index (χ0) is 17.7. The van der Waals surface area contributed by atoms with E-state index in [4.69, 9.17) is 0 Å². The Labute approximate surface area is 141 Å². The number of aromatic amines is 1. The van der Waals surface area contributed by atoms with Crippen molar-refractivity contribution in [3.63, 3.8) is 0 Å². The summed E-state index contributed by atoms with van der Waals surface area (Å²) in [6.07, 6.45) is 4.22. The van der Waals surface area contributed by atoms with Crippen molar-refractivity contribution >= 4 is 11.9 Å². The number of hydrogen-bond donors (Lipinski definition) is 4. The van der Waals surface area contributed by atoms with Crippen LogP contribution in [0.3, 0.4) is 0 Å². The third-order valence-electron chi connectivity index (χ3n) is 3.71. The maximum atomic E-state index is 12.3. The molecular formula is C17H25N5O2. The topological polar surface area (TPSA) is 103 Å². The van der Waals surface area contributed by atoms with E-state index in [1.54, 1.807) is 25.5 Å². The Morgan fingerprint density at radius 3 is 2.79 bits per heavy atom. The average molecular weight is 331 g/mol. The number of aliphatic hydroxyl groups excluding tert-OH is 1. The van der Waals surface area contributed by atoms with E-state index in [-0.39, 0.29) is 18.6 Å². The first-order chi connectivity index (χ1) is 11.4. The quantitative estimate of drug-likeness (QED) is 0.621. The number of aliphatic hydroxyl groups is 1. The molecule has 0 radical (unpaired) electrons. The van der Waals surface area contributed by atoms with Gasteiger partial charge in [0, 0.05) is 25.0 Å². The van der Waals surface area contributed by atoms with Crippen molar-refractivity contribution < 1.29 is 9.90 Å². The van der Waals surface area contributed by atoms with Gasteiger partial charge in [-0.3, -0.25) is 4.79 Å². The second-order valence-corrected chi connectivity index (χ2v) is 6.26. The zero-order valence-electron chi connectivity index (χ0n) is 14.6. The molecule has 7 nitrogen and oxygen atoms in total. The Balaban J connectivity index is 2.17. The van der Waals surface area contributed by atoms with Gasteiger partial charge in [0.25, 0.3) is 5.91 Å². The van der Waals surface area contributed by atoms with Crippen LogP contribution in [0.2, 0.25) is 0 Å². The minimum absolute atomic E-state index is 0.0754. The van der Waals surface area contributed by atoms with Gasteiger partial charge >= 0.3 is 0 Å². The lowest BCUT2D eigenvalue weighted by Gasteiger charge is -2.17. The summed E-state index contributed by atoms with van der Waals surface area (Å²) in [6, 6.07) is 1.51. The fourth-order valence-corrected chi connectivity index (χ4v) is 2.53. The smallest absolute Gasteiger partial charge is 0.268 e. The molecule has 0 aliphatic carbocycles. The molecule has 1 unspecified atom stereocenters. The molecule has 0 fully saturated rings. The van der Waals surface area contributed by atoms with Gasteiger partial charge in [-0.05, 0) is 30.9 Å². The number of amides is 1. The first kappa shape index (κ1) is 17.9. The summed E-state index contributed by atoms with van der Waals surface area (Å²) < 4.78 is 0. The van der Waals surface area contributed by atoms with Crippen LogP contribution in [-0.2, 0) is 0 Å². The number of rotatable bonds is 7. The highest BCUT2D eigenvalue weighted by Crippen LogP contribution is 2.22. The summed E-state index contributed by atoms with van der Waals surface area (Å²) in [5.41, 5.74) is 2.95. The molecule has 2 rings (SSSR count). The van der Waals surface area contributed by atoms with E-state index in [0.29, 0.717) is 17.6 Å². The molecule has 2 aromatic rings. The van der Waals surface area contributed by atoms with Gasteiger partial charge in [-0.15, -0.1) is 0 Å². The zero-order valence-corrected chi connectivity index (χ0v) is 14.6. The fraction of sp³-hybridized carbons (Fsp3) is 0.471. The molecular weight excluding hydrogens is 306 g/mol. The third-order valence-corrected chi connectivity index (χ3v) is 3.71. The summed E-state index contributed by atoms with van der Waals surface area (Å²) in [7, 11) is 1.76. The molecule has 0 saturated carbocycles. The number of anilines is 1. The van der Waals surface area contributed by atoms with Gasteiger partial charge in [0.05, 0.1) is 18.3 Å². The monoisotopic (exact) mass is 331 g/mol. The molecule has 1 amide bonds. The van der Waals surface area contributed by atoms with Gasteiger partial charge in [-0.1, -0.05) is 13.8 Å². The maximum Gasteiger partial charge on any atom is 0.268 e. The average Bonchev–Trinajstić information content (AvgIpc) is 3.04. The van der Waals surface area contributed by atoms with Crippen LogP contribution in [0.1, 0.15) is 36.3 Å². The Kier molecular flexibility index (Phi) is 5.92. The van der Waals surface area contributed by atoms with Crippen molar-refractivity contribution in [2.45, 2.75) is 33.2 Å². The lowest BCUT2D eigenvalue weighted by Crippen LogP contribution is -2.38. The number of hydrogen-bond acceptors (Lipinski definition) is 5. The van der Waals surface area contributed by atoms with Crippen molar-refractivity contribution in [3.05, 3.63) is 29.7 Å². The molecule has 0 bridgehead atoms. The highest BCUT2D eigenvalue weighted by Gasteiger charge is 2.17. The van der Waals surface area contributed by atoms with Gasteiger partial charge < -0.3 is 20.7 Å². The van der Waals surface area contributed by atoms with Gasteiger partial charge in [-0.25, -0.2) is 9.97 Å². The summed E-state index contributed by atoms with van der Waals surface area (Å²) in [5, 5.41) is 15.2. The maximum absolute atomic E-state index is 12.3. The molecule has 7 heteroatoms. The molecule has 24 heavy (non-hydrogen) atoms. The van der Waals surface area contributed by atoms with Crippen LogP contribution in [0.4, 0.5) is 5.95 Å². The molecule has 0 saturated heterocycles. The van der Waals surface area contributed by atoms with E-state index >= 15 is 0 Å². The number of carbonyl (C=O) groups is 1. The minimum Gasteiger partial charge on any atom is -0.394 e. The van der Waals surface area contributed by atoms with Crippen molar-refractivity contribution in [2.75, 3.05) is 19.0 Å². The van der Waals surface area contributed by atoms with Crippen LogP contribution in [0.25, 0.3) is 11.3 Å². The Morgan fingerprint density at radius 1 is 1.42 bits per heavy atom. The molecule has 0 aliphatic rings. The molecule has 2 aromatic heterocycles. The van der Waals surface area contributed by atoms with Gasteiger partial charge in [0.2, 0.25) is 5.95 Å². The second-order valence-electron chi connectivity index (χ2n) is 6.26. The highest BCUT2D eigenvalue weighted by molar-refractivity contribution is 5.94. The number of aromatic nitrogens is 3. The van der Waals surface area contributed by atoms with Crippen LogP contribution in [0, 0.1) is 12.8 Å². The van der Waals surface area contributed by atoms with E-state index in [1.165, 1.54) is 0 Å². The fourth-order valence-electron chi connectivity index (χ4n) is 2.53. The largest absolute Gasteiger partial charge is 0.394 e. The lowest BCUT2D eigenvalue weighted by molar-refractivity contribution is 0.0904. The van der Waals surface area contributed by atoms with Crippen molar-refractivity contribution in [3.8, 4) is 11.3 Å². The van der Waals surface area contributed by atoms with Crippen molar-refractivity contribution in [2.24, 2.45) is 5.92 Å². The predicted octanol–water partition coefficient (Wildman–Crippen LogP) is 1.96. The van der Waals surface area contributed by atoms with Gasteiger partial charge in [0.15, 0.2) is 0 Å².